The van der Waals surface area contributed by atoms with Crippen LogP contribution in [0, 0.1) is 18.8 Å². The molecule has 1 aliphatic rings. The van der Waals surface area contributed by atoms with Crippen LogP contribution < -0.4 is 10.6 Å². The molecule has 128 valence electrons. The lowest BCUT2D eigenvalue weighted by atomic mass is 9.78. The molecule has 0 bridgehead atoms. The molecule has 2 aromatic heterocycles. The summed E-state index contributed by atoms with van der Waals surface area (Å²) >= 11 is 1.61. The molecule has 3 N–H and O–H groups in total. The van der Waals surface area contributed by atoms with Crippen LogP contribution in [0.15, 0.2) is 22.9 Å². The van der Waals surface area contributed by atoms with Gasteiger partial charge in [-0.3, -0.25) is 14.7 Å². The number of rotatable bonds is 5. The second-order valence-electron chi connectivity index (χ2n) is 6.27. The maximum atomic E-state index is 12.6. The van der Waals surface area contributed by atoms with Crippen LogP contribution in [0.3, 0.4) is 0 Å². The normalized spacial score (nSPS) is 20.5. The SMILES string of the molecule is Cc1cc(NC(=O)C2CCCCC2C(=O)NCc2ccsc2)n[nH]1. The van der Waals surface area contributed by atoms with E-state index in [1.807, 2.05) is 23.8 Å². The molecule has 0 aliphatic heterocycles. The van der Waals surface area contributed by atoms with Crippen molar-refractivity contribution in [1.82, 2.24) is 15.5 Å². The van der Waals surface area contributed by atoms with E-state index in [1.165, 1.54) is 0 Å². The highest BCUT2D eigenvalue weighted by Gasteiger charge is 2.35. The van der Waals surface area contributed by atoms with Crippen molar-refractivity contribution in [3.8, 4) is 0 Å². The summed E-state index contributed by atoms with van der Waals surface area (Å²) < 4.78 is 0. The Morgan fingerprint density at radius 3 is 2.67 bits per heavy atom. The van der Waals surface area contributed by atoms with Crippen LogP contribution in [0.25, 0.3) is 0 Å². The maximum Gasteiger partial charge on any atom is 0.229 e. The fourth-order valence-corrected chi connectivity index (χ4v) is 3.84. The van der Waals surface area contributed by atoms with Crippen molar-refractivity contribution in [2.45, 2.75) is 39.2 Å². The lowest BCUT2D eigenvalue weighted by Gasteiger charge is -2.29. The number of thiophene rings is 1. The predicted molar refractivity (Wildman–Crippen MR) is 93.6 cm³/mol. The van der Waals surface area contributed by atoms with E-state index in [2.05, 4.69) is 20.8 Å². The fraction of sp³-hybridized carbons (Fsp3) is 0.471. The van der Waals surface area contributed by atoms with E-state index in [0.717, 1.165) is 36.9 Å². The van der Waals surface area contributed by atoms with Crippen molar-refractivity contribution in [2.75, 3.05) is 5.32 Å². The molecule has 0 spiro atoms. The lowest BCUT2D eigenvalue weighted by molar-refractivity contribution is -0.134. The number of carbonyl (C=O) groups excluding carboxylic acids is 2. The second kappa shape index (κ2) is 7.61. The van der Waals surface area contributed by atoms with E-state index >= 15 is 0 Å². The van der Waals surface area contributed by atoms with Gasteiger partial charge in [0.1, 0.15) is 0 Å². The van der Waals surface area contributed by atoms with Crippen LogP contribution in [0.1, 0.15) is 36.9 Å². The minimum absolute atomic E-state index is 0.0285. The molecule has 1 aliphatic carbocycles. The van der Waals surface area contributed by atoms with Gasteiger partial charge in [0, 0.05) is 30.1 Å². The van der Waals surface area contributed by atoms with E-state index in [1.54, 1.807) is 17.4 Å². The summed E-state index contributed by atoms with van der Waals surface area (Å²) in [6.07, 6.45) is 3.47. The molecule has 2 unspecified atom stereocenters. The van der Waals surface area contributed by atoms with E-state index in [9.17, 15) is 9.59 Å². The van der Waals surface area contributed by atoms with Crippen LogP contribution in [-0.4, -0.2) is 22.0 Å². The Hall–Kier alpha value is -2.15. The monoisotopic (exact) mass is 346 g/mol. The largest absolute Gasteiger partial charge is 0.352 e. The smallest absolute Gasteiger partial charge is 0.229 e. The van der Waals surface area contributed by atoms with Crippen molar-refractivity contribution in [3.05, 3.63) is 34.2 Å². The third-order valence-corrected chi connectivity index (χ3v) is 5.18. The Bertz CT molecular complexity index is 695. The Kier molecular flexibility index (Phi) is 5.30. The van der Waals surface area contributed by atoms with Crippen molar-refractivity contribution < 1.29 is 9.59 Å². The van der Waals surface area contributed by atoms with Gasteiger partial charge in [0.05, 0.1) is 0 Å². The molecule has 0 aromatic carbocycles. The van der Waals surface area contributed by atoms with Crippen LogP contribution in [-0.2, 0) is 16.1 Å². The highest BCUT2D eigenvalue weighted by Crippen LogP contribution is 2.31. The van der Waals surface area contributed by atoms with Crippen LogP contribution in [0.2, 0.25) is 0 Å². The highest BCUT2D eigenvalue weighted by molar-refractivity contribution is 7.07. The molecule has 24 heavy (non-hydrogen) atoms. The zero-order valence-corrected chi connectivity index (χ0v) is 14.5. The number of anilines is 1. The van der Waals surface area contributed by atoms with Gasteiger partial charge in [-0.05, 0) is 42.2 Å². The Labute approximate surface area is 145 Å². The topological polar surface area (TPSA) is 86.9 Å². The standard InChI is InChI=1S/C17H22N4O2S/c1-11-8-15(21-20-11)19-17(23)14-5-3-2-4-13(14)16(22)18-9-12-6-7-24-10-12/h6-8,10,13-14H,2-5,9H2,1H3,(H,18,22)(H2,19,20,21,23). The molecule has 2 amide bonds. The summed E-state index contributed by atoms with van der Waals surface area (Å²) in [5.74, 6) is -0.188. The van der Waals surface area contributed by atoms with Gasteiger partial charge in [-0.25, -0.2) is 0 Å². The average Bonchev–Trinajstić information content (AvgIpc) is 3.24. The van der Waals surface area contributed by atoms with Gasteiger partial charge in [0.15, 0.2) is 5.82 Å². The summed E-state index contributed by atoms with van der Waals surface area (Å²) in [5, 5.41) is 16.6. The third kappa shape index (κ3) is 4.03. The lowest BCUT2D eigenvalue weighted by Crippen LogP contribution is -2.41. The number of hydrogen-bond donors (Lipinski definition) is 3. The van der Waals surface area contributed by atoms with Gasteiger partial charge in [-0.2, -0.15) is 16.4 Å². The van der Waals surface area contributed by atoms with Gasteiger partial charge in [0.2, 0.25) is 11.8 Å². The zero-order valence-electron chi connectivity index (χ0n) is 13.7. The number of aryl methyl sites for hydroxylation is 1. The Morgan fingerprint density at radius 1 is 1.29 bits per heavy atom. The Balaban J connectivity index is 1.61. The quantitative estimate of drug-likeness (QED) is 0.778. The highest BCUT2D eigenvalue weighted by atomic mass is 32.1. The van der Waals surface area contributed by atoms with Gasteiger partial charge < -0.3 is 10.6 Å². The molecular formula is C17H22N4O2S. The number of hydrogen-bond acceptors (Lipinski definition) is 4. The molecule has 2 aromatic rings. The van der Waals surface area contributed by atoms with Crippen molar-refractivity contribution in [3.63, 3.8) is 0 Å². The molecule has 1 saturated carbocycles. The molecule has 0 radical (unpaired) electrons. The molecule has 0 saturated heterocycles. The number of nitrogens with one attached hydrogen (secondary N) is 3. The number of aromatic nitrogens is 2. The summed E-state index contributed by atoms with van der Waals surface area (Å²) in [6.45, 7) is 2.40. The molecule has 1 fully saturated rings. The van der Waals surface area contributed by atoms with Crippen LogP contribution in [0.4, 0.5) is 5.82 Å². The van der Waals surface area contributed by atoms with E-state index in [0.29, 0.717) is 12.4 Å². The number of H-pyrrole nitrogens is 1. The Morgan fingerprint density at radius 2 is 2.04 bits per heavy atom. The van der Waals surface area contributed by atoms with Gasteiger partial charge >= 0.3 is 0 Å². The summed E-state index contributed by atoms with van der Waals surface area (Å²) in [4.78, 5) is 25.1. The summed E-state index contributed by atoms with van der Waals surface area (Å²) in [6, 6.07) is 3.78. The molecule has 2 atom stereocenters. The molecular weight excluding hydrogens is 324 g/mol. The van der Waals surface area contributed by atoms with Crippen molar-refractivity contribution >= 4 is 29.0 Å². The van der Waals surface area contributed by atoms with Crippen LogP contribution >= 0.6 is 11.3 Å². The van der Waals surface area contributed by atoms with Gasteiger partial charge in [-0.1, -0.05) is 12.8 Å². The zero-order chi connectivity index (χ0) is 16.9. The molecule has 7 heteroatoms. The fourth-order valence-electron chi connectivity index (χ4n) is 3.17. The first-order valence-electron chi connectivity index (χ1n) is 8.25. The van der Waals surface area contributed by atoms with Crippen molar-refractivity contribution in [2.24, 2.45) is 11.8 Å². The van der Waals surface area contributed by atoms with E-state index in [4.69, 9.17) is 0 Å². The first kappa shape index (κ1) is 16.7. The summed E-state index contributed by atoms with van der Waals surface area (Å²) in [7, 11) is 0. The van der Waals surface area contributed by atoms with Crippen molar-refractivity contribution in [1.29, 1.82) is 0 Å². The maximum absolute atomic E-state index is 12.6. The first-order chi connectivity index (χ1) is 11.6. The van der Waals surface area contributed by atoms with Crippen LogP contribution in [0.5, 0.6) is 0 Å². The number of carbonyl (C=O) groups is 2. The van der Waals surface area contributed by atoms with E-state index in [-0.39, 0.29) is 23.7 Å². The minimum Gasteiger partial charge on any atom is -0.352 e. The number of amides is 2. The van der Waals surface area contributed by atoms with Gasteiger partial charge in [0.25, 0.3) is 0 Å². The second-order valence-corrected chi connectivity index (χ2v) is 7.05. The molecule has 6 nitrogen and oxygen atoms in total. The number of nitrogens with zero attached hydrogens (tertiary/aromatic N) is 1. The average molecular weight is 346 g/mol. The minimum atomic E-state index is -0.293. The van der Waals surface area contributed by atoms with E-state index < -0.39 is 0 Å². The number of aromatic amines is 1. The molecule has 3 rings (SSSR count). The molecule has 2 heterocycles. The van der Waals surface area contributed by atoms with Gasteiger partial charge in [-0.15, -0.1) is 0 Å². The third-order valence-electron chi connectivity index (χ3n) is 4.44. The predicted octanol–water partition coefficient (Wildman–Crippen LogP) is 2.84. The summed E-state index contributed by atoms with van der Waals surface area (Å²) in [5.41, 5.74) is 1.98. The first-order valence-corrected chi connectivity index (χ1v) is 9.19.